The standard InChI is InChI=1S/C18H19N5O3/c24-17(20-8-12-3-1-5-19-7-12)14-10-23(9-13-4-2-6-26-13)11-15-16(14)21-22-18(15)25/h1,3,5,7,10-11,13H,2,4,6,8-9H2,(H,20,24)(H,22,25)/t13-/m1/s1. The van der Waals surface area contributed by atoms with E-state index in [0.717, 1.165) is 25.0 Å². The number of carbonyl (C=O) groups excluding carboxylic acids is 1. The van der Waals surface area contributed by atoms with Gasteiger partial charge < -0.3 is 14.6 Å². The fourth-order valence-electron chi connectivity index (χ4n) is 3.17. The van der Waals surface area contributed by atoms with Crippen LogP contribution >= 0.6 is 0 Å². The SMILES string of the molecule is O=C(NCc1cccnc1)c1cn(C[C@H]2CCCO2)cc2c(=O)[nH]nc1-2. The molecule has 0 unspecified atom stereocenters. The summed E-state index contributed by atoms with van der Waals surface area (Å²) in [7, 11) is 0. The van der Waals surface area contributed by atoms with Crippen LogP contribution in [0, 0.1) is 0 Å². The van der Waals surface area contributed by atoms with Crippen LogP contribution in [0.4, 0.5) is 0 Å². The van der Waals surface area contributed by atoms with Crippen LogP contribution in [0.1, 0.15) is 28.8 Å². The Balaban J connectivity index is 1.59. The van der Waals surface area contributed by atoms with Crippen molar-refractivity contribution in [1.82, 2.24) is 25.1 Å². The van der Waals surface area contributed by atoms with Gasteiger partial charge in [0.25, 0.3) is 11.5 Å². The molecule has 3 aliphatic heterocycles. The van der Waals surface area contributed by atoms with Crippen LogP contribution in [0.25, 0.3) is 11.3 Å². The highest BCUT2D eigenvalue weighted by molar-refractivity contribution is 5.99. The predicted molar refractivity (Wildman–Crippen MR) is 93.9 cm³/mol. The van der Waals surface area contributed by atoms with Gasteiger partial charge in [0.2, 0.25) is 0 Å². The number of pyridine rings is 2. The van der Waals surface area contributed by atoms with Crippen molar-refractivity contribution < 1.29 is 9.53 Å². The third-order valence-electron chi connectivity index (χ3n) is 4.47. The highest BCUT2D eigenvalue weighted by atomic mass is 16.5. The molecule has 134 valence electrons. The summed E-state index contributed by atoms with van der Waals surface area (Å²) in [5.41, 5.74) is 1.73. The van der Waals surface area contributed by atoms with Gasteiger partial charge in [0.1, 0.15) is 5.69 Å². The lowest BCUT2D eigenvalue weighted by atomic mass is 10.1. The molecule has 1 aromatic rings. The minimum atomic E-state index is -0.303. The third-order valence-corrected chi connectivity index (χ3v) is 4.47. The second kappa shape index (κ2) is 7.09. The number of aromatic nitrogens is 4. The number of hydrogen-bond acceptors (Lipinski definition) is 5. The first-order valence-corrected chi connectivity index (χ1v) is 8.57. The lowest BCUT2D eigenvalue weighted by Gasteiger charge is -2.16. The molecule has 8 heteroatoms. The summed E-state index contributed by atoms with van der Waals surface area (Å²) in [6, 6.07) is 3.70. The molecule has 0 saturated carbocycles. The summed E-state index contributed by atoms with van der Waals surface area (Å²) in [5.74, 6) is -0.285. The molecular weight excluding hydrogens is 334 g/mol. The van der Waals surface area contributed by atoms with Gasteiger partial charge in [-0.3, -0.25) is 14.6 Å². The Labute approximate surface area is 149 Å². The van der Waals surface area contributed by atoms with Gasteiger partial charge in [0, 0.05) is 44.5 Å². The molecule has 1 saturated heterocycles. The zero-order chi connectivity index (χ0) is 17.9. The number of fused-ring (bicyclic) bond motifs is 1. The first-order chi connectivity index (χ1) is 12.7. The average Bonchev–Trinajstić information content (AvgIpc) is 3.30. The zero-order valence-corrected chi connectivity index (χ0v) is 14.1. The van der Waals surface area contributed by atoms with E-state index in [1.54, 1.807) is 24.8 Å². The topological polar surface area (TPSA) is 102 Å². The van der Waals surface area contributed by atoms with Crippen molar-refractivity contribution in [2.24, 2.45) is 0 Å². The van der Waals surface area contributed by atoms with Crippen LogP contribution in [0.3, 0.4) is 0 Å². The smallest absolute Gasteiger partial charge is 0.275 e. The van der Waals surface area contributed by atoms with Crippen molar-refractivity contribution in [1.29, 1.82) is 0 Å². The number of amides is 1. The first kappa shape index (κ1) is 16.5. The van der Waals surface area contributed by atoms with E-state index in [9.17, 15) is 9.59 Å². The molecule has 0 spiro atoms. The number of hydrogen-bond donors (Lipinski definition) is 2. The summed E-state index contributed by atoms with van der Waals surface area (Å²) in [6.45, 7) is 1.71. The van der Waals surface area contributed by atoms with E-state index in [2.05, 4.69) is 20.5 Å². The number of rotatable bonds is 5. The zero-order valence-electron chi connectivity index (χ0n) is 14.1. The Morgan fingerprint density at radius 3 is 3.12 bits per heavy atom. The van der Waals surface area contributed by atoms with Crippen LogP contribution in [-0.2, 0) is 17.8 Å². The van der Waals surface area contributed by atoms with Gasteiger partial charge in [-0.25, -0.2) is 5.10 Å². The summed E-state index contributed by atoms with van der Waals surface area (Å²) in [5, 5.41) is 9.30. The molecule has 0 aromatic carbocycles. The van der Waals surface area contributed by atoms with E-state index in [0.29, 0.717) is 29.9 Å². The first-order valence-electron chi connectivity index (χ1n) is 8.57. The molecule has 1 atom stereocenters. The molecule has 0 bridgehead atoms. The van der Waals surface area contributed by atoms with Gasteiger partial charge in [-0.1, -0.05) is 6.07 Å². The molecule has 1 amide bonds. The van der Waals surface area contributed by atoms with Gasteiger partial charge in [0.05, 0.1) is 17.2 Å². The maximum atomic E-state index is 12.7. The molecule has 1 aromatic heterocycles. The van der Waals surface area contributed by atoms with Crippen molar-refractivity contribution in [3.63, 3.8) is 0 Å². The van der Waals surface area contributed by atoms with Crippen LogP contribution < -0.4 is 10.9 Å². The number of nitrogens with one attached hydrogen (secondary N) is 2. The second-order valence-electron chi connectivity index (χ2n) is 6.36. The van der Waals surface area contributed by atoms with Crippen LogP contribution in [-0.4, -0.2) is 38.4 Å². The van der Waals surface area contributed by atoms with Crippen LogP contribution in [0.2, 0.25) is 0 Å². The van der Waals surface area contributed by atoms with Crippen molar-refractivity contribution in [3.8, 4) is 11.3 Å². The van der Waals surface area contributed by atoms with E-state index in [1.807, 2.05) is 16.7 Å². The molecule has 8 nitrogen and oxygen atoms in total. The molecule has 3 aliphatic rings. The Morgan fingerprint density at radius 1 is 1.42 bits per heavy atom. The van der Waals surface area contributed by atoms with Gasteiger partial charge in [0.15, 0.2) is 0 Å². The van der Waals surface area contributed by atoms with E-state index in [4.69, 9.17) is 4.74 Å². The Kier molecular flexibility index (Phi) is 4.49. The van der Waals surface area contributed by atoms with E-state index >= 15 is 0 Å². The normalized spacial score (nSPS) is 16.8. The number of carbonyl (C=O) groups is 1. The minimum Gasteiger partial charge on any atom is -0.376 e. The van der Waals surface area contributed by atoms with Crippen LogP contribution in [0.15, 0.2) is 41.7 Å². The average molecular weight is 353 g/mol. The Bertz CT molecular complexity index is 928. The maximum Gasteiger partial charge on any atom is 0.275 e. The highest BCUT2D eigenvalue weighted by Crippen LogP contribution is 2.22. The lowest BCUT2D eigenvalue weighted by molar-refractivity contribution is 0.0935. The molecular formula is C18H19N5O3. The van der Waals surface area contributed by atoms with E-state index in [-0.39, 0.29) is 17.6 Å². The molecule has 1 fully saturated rings. The van der Waals surface area contributed by atoms with E-state index < -0.39 is 0 Å². The minimum absolute atomic E-state index is 0.103. The Morgan fingerprint density at radius 2 is 2.35 bits per heavy atom. The van der Waals surface area contributed by atoms with E-state index in [1.165, 1.54) is 0 Å². The quantitative estimate of drug-likeness (QED) is 0.717. The van der Waals surface area contributed by atoms with Gasteiger partial charge >= 0.3 is 0 Å². The van der Waals surface area contributed by atoms with Crippen molar-refractivity contribution in [2.75, 3.05) is 6.61 Å². The fourth-order valence-corrected chi connectivity index (χ4v) is 3.17. The summed E-state index contributed by atoms with van der Waals surface area (Å²) in [4.78, 5) is 28.8. The van der Waals surface area contributed by atoms with Gasteiger partial charge in [-0.15, -0.1) is 0 Å². The molecule has 26 heavy (non-hydrogen) atoms. The lowest BCUT2D eigenvalue weighted by Crippen LogP contribution is -2.25. The molecule has 4 rings (SSSR count). The third kappa shape index (κ3) is 3.36. The predicted octanol–water partition coefficient (Wildman–Crippen LogP) is 1.18. The fraction of sp³-hybridized carbons (Fsp3) is 0.333. The van der Waals surface area contributed by atoms with Gasteiger partial charge in [-0.05, 0) is 24.5 Å². The molecule has 2 N–H and O–H groups in total. The van der Waals surface area contributed by atoms with Crippen molar-refractivity contribution in [3.05, 3.63) is 58.4 Å². The molecule has 0 aliphatic carbocycles. The number of nitrogens with zero attached hydrogens (tertiary/aromatic N) is 3. The highest BCUT2D eigenvalue weighted by Gasteiger charge is 2.23. The number of ether oxygens (including phenoxy) is 1. The number of H-pyrrole nitrogens is 1. The van der Waals surface area contributed by atoms with Gasteiger partial charge in [-0.2, -0.15) is 5.10 Å². The van der Waals surface area contributed by atoms with Crippen molar-refractivity contribution in [2.45, 2.75) is 32.0 Å². The Hall–Kier alpha value is -3.00. The second-order valence-corrected chi connectivity index (χ2v) is 6.36. The summed E-state index contributed by atoms with van der Waals surface area (Å²) >= 11 is 0. The summed E-state index contributed by atoms with van der Waals surface area (Å²) in [6.07, 6.45) is 8.94. The monoisotopic (exact) mass is 353 g/mol. The summed E-state index contributed by atoms with van der Waals surface area (Å²) < 4.78 is 7.50. The largest absolute Gasteiger partial charge is 0.376 e. The maximum absolute atomic E-state index is 12.7. The van der Waals surface area contributed by atoms with Crippen LogP contribution in [0.5, 0.6) is 0 Å². The number of aromatic amines is 1. The molecule has 4 heterocycles. The van der Waals surface area contributed by atoms with Crippen molar-refractivity contribution >= 4 is 5.91 Å². The molecule has 0 radical (unpaired) electrons.